The van der Waals surface area contributed by atoms with E-state index in [4.69, 9.17) is 4.74 Å². The summed E-state index contributed by atoms with van der Waals surface area (Å²) in [5.74, 6) is 0. The maximum atomic E-state index is 12.1. The molecule has 4 nitrogen and oxygen atoms in total. The lowest BCUT2D eigenvalue weighted by Crippen LogP contribution is -2.37. The maximum Gasteiger partial charge on any atom is 0.408 e. The lowest BCUT2D eigenvalue weighted by atomic mass is 10.2. The number of carbonyl (C=O) groups is 2. The number of amides is 1. The first-order valence-corrected chi connectivity index (χ1v) is 4.76. The van der Waals surface area contributed by atoms with Crippen LogP contribution in [0.25, 0.3) is 0 Å². The number of ether oxygens (including phenoxy) is 1. The van der Waals surface area contributed by atoms with Gasteiger partial charge >= 0.3 is 12.1 Å². The average molecular weight is 225 g/mol. The van der Waals surface area contributed by atoms with Crippen molar-refractivity contribution in [1.82, 2.24) is 5.32 Å². The maximum absolute atomic E-state index is 12.1. The van der Waals surface area contributed by atoms with Crippen molar-refractivity contribution in [2.24, 2.45) is 0 Å². The molecule has 0 fully saturated rings. The van der Waals surface area contributed by atoms with E-state index in [-0.39, 0.29) is 6.61 Å². The second kappa shape index (κ2) is 5.85. The third-order valence-corrected chi connectivity index (χ3v) is 1.89. The molecule has 1 atom stereocenters. The SMILES string of the molecule is C[C@@H](NC(=O)OCc1ccccc1)C(=O)F. The number of rotatable bonds is 4. The molecule has 0 saturated carbocycles. The fourth-order valence-electron chi connectivity index (χ4n) is 0.998. The minimum atomic E-state index is -1.60. The highest BCUT2D eigenvalue weighted by Gasteiger charge is 2.15. The van der Waals surface area contributed by atoms with Crippen LogP contribution in [0.4, 0.5) is 9.18 Å². The van der Waals surface area contributed by atoms with Gasteiger partial charge in [0.05, 0.1) is 0 Å². The van der Waals surface area contributed by atoms with E-state index in [0.29, 0.717) is 0 Å². The van der Waals surface area contributed by atoms with E-state index >= 15 is 0 Å². The minimum absolute atomic E-state index is 0.0832. The third-order valence-electron chi connectivity index (χ3n) is 1.89. The van der Waals surface area contributed by atoms with Gasteiger partial charge < -0.3 is 10.1 Å². The molecule has 16 heavy (non-hydrogen) atoms. The zero-order valence-corrected chi connectivity index (χ0v) is 8.77. The molecule has 0 spiro atoms. The summed E-state index contributed by atoms with van der Waals surface area (Å²) < 4.78 is 16.9. The summed E-state index contributed by atoms with van der Waals surface area (Å²) in [7, 11) is 0. The Balaban J connectivity index is 2.33. The quantitative estimate of drug-likeness (QED) is 0.795. The number of benzene rings is 1. The van der Waals surface area contributed by atoms with Crippen LogP contribution in [0.2, 0.25) is 0 Å². The van der Waals surface area contributed by atoms with Gasteiger partial charge in [0.2, 0.25) is 0 Å². The number of nitrogens with one attached hydrogen (secondary N) is 1. The van der Waals surface area contributed by atoms with Gasteiger partial charge in [-0.05, 0) is 12.5 Å². The Bertz CT molecular complexity index is 367. The van der Waals surface area contributed by atoms with E-state index in [2.05, 4.69) is 5.32 Å². The first kappa shape index (κ1) is 12.2. The molecule has 1 rings (SSSR count). The van der Waals surface area contributed by atoms with Crippen molar-refractivity contribution in [3.63, 3.8) is 0 Å². The first-order valence-electron chi connectivity index (χ1n) is 4.76. The van der Waals surface area contributed by atoms with Crippen LogP contribution in [0.1, 0.15) is 12.5 Å². The molecular formula is C11H12FNO3. The summed E-state index contributed by atoms with van der Waals surface area (Å²) >= 11 is 0. The Morgan fingerprint density at radius 1 is 1.38 bits per heavy atom. The molecule has 5 heteroatoms. The number of alkyl carbamates (subject to hydrolysis) is 1. The molecule has 0 bridgehead atoms. The summed E-state index contributed by atoms with van der Waals surface area (Å²) in [4.78, 5) is 21.3. The molecule has 0 aliphatic carbocycles. The highest BCUT2D eigenvalue weighted by atomic mass is 19.1. The molecule has 0 heterocycles. The van der Waals surface area contributed by atoms with Crippen LogP contribution in [0.5, 0.6) is 0 Å². The van der Waals surface area contributed by atoms with Crippen LogP contribution >= 0.6 is 0 Å². The Kier molecular flexibility index (Phi) is 4.44. The van der Waals surface area contributed by atoms with Gasteiger partial charge in [-0.15, -0.1) is 0 Å². The summed E-state index contributed by atoms with van der Waals surface area (Å²) in [5, 5.41) is 2.06. The van der Waals surface area contributed by atoms with Crippen molar-refractivity contribution < 1.29 is 18.7 Å². The lowest BCUT2D eigenvalue weighted by molar-refractivity contribution is -0.130. The van der Waals surface area contributed by atoms with E-state index in [0.717, 1.165) is 5.56 Å². The monoisotopic (exact) mass is 225 g/mol. The highest BCUT2D eigenvalue weighted by molar-refractivity contribution is 5.79. The Hall–Kier alpha value is -1.91. The second-order valence-corrected chi connectivity index (χ2v) is 3.23. The normalized spacial score (nSPS) is 11.6. The average Bonchev–Trinajstić information content (AvgIpc) is 2.27. The third kappa shape index (κ3) is 4.08. The molecule has 0 aliphatic rings. The number of hydrogen-bond acceptors (Lipinski definition) is 3. The number of halogens is 1. The van der Waals surface area contributed by atoms with Gasteiger partial charge in [-0.1, -0.05) is 30.3 Å². The van der Waals surface area contributed by atoms with Gasteiger partial charge in [0.1, 0.15) is 12.6 Å². The Morgan fingerprint density at radius 2 is 2.00 bits per heavy atom. The largest absolute Gasteiger partial charge is 0.445 e. The molecular weight excluding hydrogens is 213 g/mol. The van der Waals surface area contributed by atoms with Crippen molar-refractivity contribution >= 4 is 12.1 Å². The highest BCUT2D eigenvalue weighted by Crippen LogP contribution is 2.00. The van der Waals surface area contributed by atoms with Crippen LogP contribution < -0.4 is 5.32 Å². The predicted octanol–water partition coefficient (Wildman–Crippen LogP) is 1.80. The Morgan fingerprint density at radius 3 is 2.56 bits per heavy atom. The molecule has 0 radical (unpaired) electrons. The summed E-state index contributed by atoms with van der Waals surface area (Å²) in [6.45, 7) is 1.33. The fourth-order valence-corrected chi connectivity index (χ4v) is 0.998. The van der Waals surface area contributed by atoms with Gasteiger partial charge in [0, 0.05) is 0 Å². The molecule has 86 valence electrons. The van der Waals surface area contributed by atoms with Gasteiger partial charge in [-0.25, -0.2) is 4.79 Å². The minimum Gasteiger partial charge on any atom is -0.445 e. The van der Waals surface area contributed by atoms with Crippen molar-refractivity contribution in [1.29, 1.82) is 0 Å². The smallest absolute Gasteiger partial charge is 0.408 e. The number of carbonyl (C=O) groups excluding carboxylic acids is 2. The Labute approximate surface area is 92.4 Å². The molecule has 0 saturated heterocycles. The van der Waals surface area contributed by atoms with Gasteiger partial charge in [-0.3, -0.25) is 4.79 Å². The topological polar surface area (TPSA) is 55.4 Å². The molecule has 0 aromatic heterocycles. The van der Waals surface area contributed by atoms with E-state index in [1.165, 1.54) is 6.92 Å². The lowest BCUT2D eigenvalue weighted by Gasteiger charge is -2.09. The molecule has 1 N–H and O–H groups in total. The van der Waals surface area contributed by atoms with Crippen molar-refractivity contribution in [2.45, 2.75) is 19.6 Å². The standard InChI is InChI=1S/C11H12FNO3/c1-8(10(12)14)13-11(15)16-7-9-5-3-2-4-6-9/h2-6,8H,7H2,1H3,(H,13,15)/t8-/m1/s1. The zero-order chi connectivity index (χ0) is 12.0. The molecule has 1 aromatic carbocycles. The van der Waals surface area contributed by atoms with E-state index < -0.39 is 18.2 Å². The van der Waals surface area contributed by atoms with E-state index in [1.807, 2.05) is 18.2 Å². The van der Waals surface area contributed by atoms with E-state index in [1.54, 1.807) is 12.1 Å². The first-order chi connectivity index (χ1) is 7.59. The van der Waals surface area contributed by atoms with Gasteiger partial charge in [0.25, 0.3) is 0 Å². The number of hydrogen-bond donors (Lipinski definition) is 1. The fraction of sp³-hybridized carbons (Fsp3) is 0.273. The van der Waals surface area contributed by atoms with Gasteiger partial charge in [-0.2, -0.15) is 4.39 Å². The summed E-state index contributed by atoms with van der Waals surface area (Å²) in [6, 6.07) is 6.26. The second-order valence-electron chi connectivity index (χ2n) is 3.23. The summed E-state index contributed by atoms with van der Waals surface area (Å²) in [6.07, 6.45) is -0.817. The van der Waals surface area contributed by atoms with Crippen LogP contribution in [0.3, 0.4) is 0 Å². The van der Waals surface area contributed by atoms with Crippen molar-refractivity contribution in [3.05, 3.63) is 35.9 Å². The van der Waals surface area contributed by atoms with Crippen LogP contribution in [-0.2, 0) is 16.1 Å². The van der Waals surface area contributed by atoms with Crippen LogP contribution in [-0.4, -0.2) is 18.2 Å². The van der Waals surface area contributed by atoms with Gasteiger partial charge in [0.15, 0.2) is 0 Å². The molecule has 1 aromatic rings. The molecule has 0 aliphatic heterocycles. The zero-order valence-electron chi connectivity index (χ0n) is 8.77. The predicted molar refractivity (Wildman–Crippen MR) is 55.3 cm³/mol. The van der Waals surface area contributed by atoms with Crippen LogP contribution in [0.15, 0.2) is 30.3 Å². The molecule has 0 unspecified atom stereocenters. The molecule has 1 amide bonds. The van der Waals surface area contributed by atoms with E-state index in [9.17, 15) is 14.0 Å². The van der Waals surface area contributed by atoms with Crippen molar-refractivity contribution in [2.75, 3.05) is 0 Å². The van der Waals surface area contributed by atoms with Crippen LogP contribution in [0, 0.1) is 0 Å². The summed E-state index contributed by atoms with van der Waals surface area (Å²) in [5.41, 5.74) is 0.817. The van der Waals surface area contributed by atoms with Crippen molar-refractivity contribution in [3.8, 4) is 0 Å².